The van der Waals surface area contributed by atoms with Gasteiger partial charge in [0.15, 0.2) is 0 Å². The number of hydrogen-bond acceptors (Lipinski definition) is 3. The van der Waals surface area contributed by atoms with Crippen molar-refractivity contribution in [1.82, 2.24) is 10.3 Å². The zero-order chi connectivity index (χ0) is 13.4. The number of rotatable bonds is 7. The van der Waals surface area contributed by atoms with Crippen LogP contribution < -0.4 is 11.1 Å². The molecule has 0 atom stereocenters. The Morgan fingerprint density at radius 2 is 1.95 bits per heavy atom. The summed E-state index contributed by atoms with van der Waals surface area (Å²) in [6, 6.07) is 5.80. The summed E-state index contributed by atoms with van der Waals surface area (Å²) in [6.07, 6.45) is 4.06. The van der Waals surface area contributed by atoms with Crippen molar-refractivity contribution in [3.8, 4) is 0 Å². The monoisotopic (exact) mass is 321 g/mol. The highest BCUT2D eigenvalue weighted by atomic mass is 35.5. The molecule has 0 aliphatic heterocycles. The minimum atomic E-state index is -0.413. The third-order valence-corrected chi connectivity index (χ3v) is 3.62. The lowest BCUT2D eigenvalue weighted by atomic mass is 9.81. The van der Waals surface area contributed by atoms with E-state index in [4.69, 9.17) is 5.73 Å². The Labute approximate surface area is 133 Å². The molecule has 116 valence electrons. The zero-order valence-electron chi connectivity index (χ0n) is 12.1. The van der Waals surface area contributed by atoms with Crippen molar-refractivity contribution in [2.75, 3.05) is 13.1 Å². The molecule has 1 aromatic rings. The third kappa shape index (κ3) is 5.65. The summed E-state index contributed by atoms with van der Waals surface area (Å²) in [6.45, 7) is 5.02. The number of nitrogens with one attached hydrogen (secondary N) is 1. The second kappa shape index (κ2) is 10.9. The second-order valence-corrected chi connectivity index (χ2v) is 4.52. The molecule has 0 fully saturated rings. The van der Waals surface area contributed by atoms with Gasteiger partial charge < -0.3 is 11.1 Å². The van der Waals surface area contributed by atoms with E-state index in [9.17, 15) is 4.79 Å². The van der Waals surface area contributed by atoms with Gasteiger partial charge in [0, 0.05) is 31.4 Å². The Kier molecular flexibility index (Phi) is 11.7. The minimum absolute atomic E-state index is 0. The van der Waals surface area contributed by atoms with Crippen molar-refractivity contribution in [2.45, 2.75) is 33.1 Å². The van der Waals surface area contributed by atoms with Crippen molar-refractivity contribution >= 4 is 30.7 Å². The molecule has 6 heteroatoms. The predicted molar refractivity (Wildman–Crippen MR) is 87.5 cm³/mol. The number of halogens is 2. The van der Waals surface area contributed by atoms with Gasteiger partial charge in [-0.1, -0.05) is 19.9 Å². The molecule has 0 saturated heterocycles. The maximum Gasteiger partial charge on any atom is 0.227 e. The molecular weight excluding hydrogens is 297 g/mol. The second-order valence-electron chi connectivity index (χ2n) is 4.52. The lowest BCUT2D eigenvalue weighted by Crippen LogP contribution is -2.45. The summed E-state index contributed by atoms with van der Waals surface area (Å²) >= 11 is 0. The Morgan fingerprint density at radius 1 is 1.30 bits per heavy atom. The fraction of sp³-hybridized carbons (Fsp3) is 0.571. The molecule has 0 aliphatic carbocycles. The van der Waals surface area contributed by atoms with Crippen molar-refractivity contribution in [2.24, 2.45) is 11.1 Å². The first kappa shape index (κ1) is 21.5. The van der Waals surface area contributed by atoms with Gasteiger partial charge in [0.25, 0.3) is 0 Å². The molecule has 1 rings (SSSR count). The molecule has 0 spiro atoms. The fourth-order valence-corrected chi connectivity index (χ4v) is 1.99. The smallest absolute Gasteiger partial charge is 0.227 e. The van der Waals surface area contributed by atoms with Gasteiger partial charge in [0.2, 0.25) is 5.91 Å². The summed E-state index contributed by atoms with van der Waals surface area (Å²) in [5, 5.41) is 2.97. The summed E-state index contributed by atoms with van der Waals surface area (Å²) in [4.78, 5) is 16.4. The highest BCUT2D eigenvalue weighted by Crippen LogP contribution is 2.24. The average Bonchev–Trinajstić information content (AvgIpc) is 2.42. The number of carbonyl (C=O) groups excluding carboxylic acids is 1. The highest BCUT2D eigenvalue weighted by molar-refractivity contribution is 5.85. The van der Waals surface area contributed by atoms with Crippen LogP contribution in [0.3, 0.4) is 0 Å². The molecule has 1 aromatic heterocycles. The van der Waals surface area contributed by atoms with Gasteiger partial charge in [0.1, 0.15) is 0 Å². The van der Waals surface area contributed by atoms with Crippen LogP contribution in [0.5, 0.6) is 0 Å². The molecule has 20 heavy (non-hydrogen) atoms. The van der Waals surface area contributed by atoms with Gasteiger partial charge in [-0.05, 0) is 25.0 Å². The van der Waals surface area contributed by atoms with Crippen LogP contribution in [0.15, 0.2) is 24.4 Å². The zero-order valence-corrected chi connectivity index (χ0v) is 13.7. The number of carbonyl (C=O) groups is 1. The molecule has 3 N–H and O–H groups in total. The Bertz CT molecular complexity index is 362. The fourth-order valence-electron chi connectivity index (χ4n) is 1.99. The maximum absolute atomic E-state index is 12.1. The van der Waals surface area contributed by atoms with Crippen LogP contribution in [-0.4, -0.2) is 24.0 Å². The van der Waals surface area contributed by atoms with Crippen LogP contribution in [0.4, 0.5) is 0 Å². The van der Waals surface area contributed by atoms with Crippen molar-refractivity contribution < 1.29 is 4.79 Å². The van der Waals surface area contributed by atoms with E-state index in [-0.39, 0.29) is 30.7 Å². The Balaban J connectivity index is 0. The molecule has 0 radical (unpaired) electrons. The van der Waals surface area contributed by atoms with E-state index in [0.717, 1.165) is 25.0 Å². The van der Waals surface area contributed by atoms with E-state index >= 15 is 0 Å². The SMILES string of the molecule is CCC(CC)(CN)C(=O)NCCc1ccccn1.Cl.Cl. The van der Waals surface area contributed by atoms with Gasteiger partial charge in [-0.15, -0.1) is 24.8 Å². The van der Waals surface area contributed by atoms with E-state index in [1.807, 2.05) is 32.0 Å². The molecule has 0 unspecified atom stereocenters. The number of hydrogen-bond donors (Lipinski definition) is 2. The van der Waals surface area contributed by atoms with Gasteiger partial charge >= 0.3 is 0 Å². The quantitative estimate of drug-likeness (QED) is 0.810. The van der Waals surface area contributed by atoms with Crippen LogP contribution >= 0.6 is 24.8 Å². The largest absolute Gasteiger partial charge is 0.355 e. The van der Waals surface area contributed by atoms with Gasteiger partial charge in [0.05, 0.1) is 5.41 Å². The summed E-state index contributed by atoms with van der Waals surface area (Å²) < 4.78 is 0. The van der Waals surface area contributed by atoms with E-state index in [2.05, 4.69) is 10.3 Å². The Hall–Kier alpha value is -0.840. The van der Waals surface area contributed by atoms with Crippen LogP contribution in [0.2, 0.25) is 0 Å². The average molecular weight is 322 g/mol. The first-order valence-corrected chi connectivity index (χ1v) is 6.56. The number of aromatic nitrogens is 1. The predicted octanol–water partition coefficient (Wildman–Crippen LogP) is 2.35. The first-order chi connectivity index (χ1) is 8.68. The lowest BCUT2D eigenvalue weighted by molar-refractivity contribution is -0.131. The number of nitrogens with two attached hydrogens (primary N) is 1. The molecule has 0 aliphatic rings. The lowest BCUT2D eigenvalue weighted by Gasteiger charge is -2.28. The standard InChI is InChI=1S/C14H23N3O.2ClH/c1-3-14(4-2,11-15)13(18)17-10-8-12-7-5-6-9-16-12;;/h5-7,9H,3-4,8,10-11,15H2,1-2H3,(H,17,18);2*1H. The van der Waals surface area contributed by atoms with Gasteiger partial charge in [-0.25, -0.2) is 0 Å². The molecule has 0 bridgehead atoms. The van der Waals surface area contributed by atoms with E-state index < -0.39 is 5.41 Å². The molecule has 1 amide bonds. The summed E-state index contributed by atoms with van der Waals surface area (Å²) in [5.74, 6) is 0.0610. The van der Waals surface area contributed by atoms with E-state index in [1.165, 1.54) is 0 Å². The van der Waals surface area contributed by atoms with E-state index in [1.54, 1.807) is 6.20 Å². The van der Waals surface area contributed by atoms with Crippen molar-refractivity contribution in [1.29, 1.82) is 0 Å². The minimum Gasteiger partial charge on any atom is -0.355 e. The van der Waals surface area contributed by atoms with Crippen molar-refractivity contribution in [3.05, 3.63) is 30.1 Å². The summed E-state index contributed by atoms with van der Waals surface area (Å²) in [7, 11) is 0. The summed E-state index contributed by atoms with van der Waals surface area (Å²) in [5.41, 5.74) is 6.32. The molecule has 4 nitrogen and oxygen atoms in total. The van der Waals surface area contributed by atoms with Crippen LogP contribution in [0.1, 0.15) is 32.4 Å². The molecule has 0 aromatic carbocycles. The highest BCUT2D eigenvalue weighted by Gasteiger charge is 2.32. The normalized spacial score (nSPS) is 10.2. The topological polar surface area (TPSA) is 68.0 Å². The first-order valence-electron chi connectivity index (χ1n) is 6.56. The molecule has 1 heterocycles. The maximum atomic E-state index is 12.1. The third-order valence-electron chi connectivity index (χ3n) is 3.62. The van der Waals surface area contributed by atoms with Crippen molar-refractivity contribution in [3.63, 3.8) is 0 Å². The van der Waals surface area contributed by atoms with Crippen LogP contribution in [-0.2, 0) is 11.2 Å². The molecular formula is C14H25Cl2N3O. The number of nitrogens with zero attached hydrogens (tertiary/aromatic N) is 1. The van der Waals surface area contributed by atoms with Gasteiger partial charge in [-0.3, -0.25) is 9.78 Å². The Morgan fingerprint density at radius 3 is 2.40 bits per heavy atom. The van der Waals surface area contributed by atoms with Crippen LogP contribution in [0.25, 0.3) is 0 Å². The van der Waals surface area contributed by atoms with Crippen LogP contribution in [0, 0.1) is 5.41 Å². The van der Waals surface area contributed by atoms with E-state index in [0.29, 0.717) is 13.1 Å². The van der Waals surface area contributed by atoms with Gasteiger partial charge in [-0.2, -0.15) is 0 Å². The number of pyridine rings is 1. The number of amides is 1. The molecule has 0 saturated carbocycles.